The number of carbonyl (C=O) groups is 1. The number of hydrogen-bond acceptors (Lipinski definition) is 3. The fourth-order valence-corrected chi connectivity index (χ4v) is 4.08. The lowest BCUT2D eigenvalue weighted by atomic mass is 9.72. The molecule has 1 aliphatic rings. The van der Waals surface area contributed by atoms with Crippen LogP contribution in [0.3, 0.4) is 0 Å². The molecule has 0 atom stereocenters. The average Bonchev–Trinajstić information content (AvgIpc) is 2.88. The largest absolute Gasteiger partial charge is 0.465 e. The third-order valence-corrected chi connectivity index (χ3v) is 5.73. The third-order valence-electron chi connectivity index (χ3n) is 4.66. The quantitative estimate of drug-likeness (QED) is 0.584. The second-order valence-corrected chi connectivity index (χ2v) is 7.12. The summed E-state index contributed by atoms with van der Waals surface area (Å²) in [5, 5.41) is 12.8. The van der Waals surface area contributed by atoms with Crippen molar-refractivity contribution in [3.05, 3.63) is 51.7 Å². The molecule has 0 saturated heterocycles. The van der Waals surface area contributed by atoms with Gasteiger partial charge in [-0.05, 0) is 59.5 Å². The number of furan rings is 1. The van der Waals surface area contributed by atoms with Crippen LogP contribution in [0.25, 0.3) is 22.4 Å². The molecule has 1 fully saturated rings. The predicted molar refractivity (Wildman–Crippen MR) is 98.9 cm³/mol. The lowest BCUT2D eigenvalue weighted by molar-refractivity contribution is 0.144. The van der Waals surface area contributed by atoms with E-state index in [9.17, 15) is 4.79 Å². The van der Waals surface area contributed by atoms with E-state index in [1.54, 1.807) is 6.20 Å². The van der Waals surface area contributed by atoms with Crippen molar-refractivity contribution in [1.29, 1.82) is 0 Å². The van der Waals surface area contributed by atoms with Crippen LogP contribution >= 0.6 is 22.6 Å². The van der Waals surface area contributed by atoms with Crippen LogP contribution in [0.1, 0.15) is 24.8 Å². The molecule has 0 bridgehead atoms. The number of nitrogens with zero attached hydrogens (tertiary/aromatic N) is 1. The van der Waals surface area contributed by atoms with Crippen molar-refractivity contribution in [2.75, 3.05) is 0 Å². The molecule has 1 aliphatic carbocycles. The summed E-state index contributed by atoms with van der Waals surface area (Å²) in [6.45, 7) is 0. The van der Waals surface area contributed by atoms with Gasteiger partial charge in [0.1, 0.15) is 0 Å². The minimum Gasteiger partial charge on any atom is -0.465 e. The molecule has 2 N–H and O–H groups in total. The summed E-state index contributed by atoms with van der Waals surface area (Å²) in [5.74, 6) is 0.796. The predicted octanol–water partition coefficient (Wildman–Crippen LogP) is 4.75. The highest BCUT2D eigenvalue weighted by atomic mass is 127. The zero-order chi connectivity index (χ0) is 16.7. The van der Waals surface area contributed by atoms with Gasteiger partial charge in [0.2, 0.25) is 5.71 Å². The van der Waals surface area contributed by atoms with Gasteiger partial charge in [-0.25, -0.2) is 9.78 Å². The van der Waals surface area contributed by atoms with Gasteiger partial charge in [0, 0.05) is 11.8 Å². The van der Waals surface area contributed by atoms with Crippen LogP contribution in [-0.2, 0) is 5.54 Å². The number of rotatable bonds is 3. The van der Waals surface area contributed by atoms with Gasteiger partial charge in [0.05, 0.1) is 14.5 Å². The number of aromatic nitrogens is 1. The number of pyridine rings is 1. The molecule has 6 heteroatoms. The molecule has 3 aromatic rings. The van der Waals surface area contributed by atoms with E-state index in [1.807, 2.05) is 36.4 Å². The Hall–Kier alpha value is -2.09. The SMILES string of the molecule is O=C(O)NC1(c2ccc(-c3oc4ncccc4c3I)cc2)CCC1. The highest BCUT2D eigenvalue weighted by molar-refractivity contribution is 14.1. The van der Waals surface area contributed by atoms with Crippen LogP contribution in [0.4, 0.5) is 4.79 Å². The maximum Gasteiger partial charge on any atom is 0.405 e. The van der Waals surface area contributed by atoms with E-state index in [0.29, 0.717) is 5.71 Å². The Balaban J connectivity index is 1.70. The molecular weight excluding hydrogens is 419 g/mol. The van der Waals surface area contributed by atoms with Crippen molar-refractivity contribution >= 4 is 39.8 Å². The molecule has 5 nitrogen and oxygen atoms in total. The van der Waals surface area contributed by atoms with Crippen LogP contribution in [0, 0.1) is 3.57 Å². The van der Waals surface area contributed by atoms with E-state index < -0.39 is 11.6 Å². The van der Waals surface area contributed by atoms with E-state index in [4.69, 9.17) is 9.52 Å². The molecule has 1 amide bonds. The van der Waals surface area contributed by atoms with Gasteiger partial charge in [0.25, 0.3) is 0 Å². The molecule has 1 aromatic carbocycles. The fraction of sp³-hybridized carbons (Fsp3) is 0.222. The first-order valence-corrected chi connectivity index (χ1v) is 8.82. The van der Waals surface area contributed by atoms with Crippen molar-refractivity contribution in [2.24, 2.45) is 0 Å². The van der Waals surface area contributed by atoms with Crippen LogP contribution in [0.5, 0.6) is 0 Å². The van der Waals surface area contributed by atoms with Gasteiger partial charge in [-0.15, -0.1) is 0 Å². The first-order chi connectivity index (χ1) is 11.6. The Kier molecular flexibility index (Phi) is 3.71. The summed E-state index contributed by atoms with van der Waals surface area (Å²) in [4.78, 5) is 15.3. The number of halogens is 1. The van der Waals surface area contributed by atoms with Gasteiger partial charge >= 0.3 is 6.09 Å². The normalized spacial score (nSPS) is 15.9. The molecule has 0 radical (unpaired) electrons. The lowest BCUT2D eigenvalue weighted by Gasteiger charge is -2.42. The molecule has 2 aromatic heterocycles. The summed E-state index contributed by atoms with van der Waals surface area (Å²) in [7, 11) is 0. The highest BCUT2D eigenvalue weighted by Crippen LogP contribution is 2.42. The van der Waals surface area contributed by atoms with E-state index >= 15 is 0 Å². The van der Waals surface area contributed by atoms with Gasteiger partial charge < -0.3 is 14.8 Å². The summed E-state index contributed by atoms with van der Waals surface area (Å²) in [6.07, 6.45) is 3.45. The first-order valence-electron chi connectivity index (χ1n) is 7.74. The topological polar surface area (TPSA) is 75.4 Å². The molecule has 4 rings (SSSR count). The molecular formula is C18H15IN2O3. The molecule has 0 unspecified atom stereocenters. The molecule has 0 spiro atoms. The van der Waals surface area contributed by atoms with Crippen molar-refractivity contribution in [1.82, 2.24) is 10.3 Å². The molecule has 1 saturated carbocycles. The minimum absolute atomic E-state index is 0.438. The fourth-order valence-electron chi connectivity index (χ4n) is 3.25. The van der Waals surface area contributed by atoms with Gasteiger partial charge in [-0.1, -0.05) is 24.3 Å². The maximum absolute atomic E-state index is 11.1. The van der Waals surface area contributed by atoms with Crippen LogP contribution < -0.4 is 5.32 Å². The summed E-state index contributed by atoms with van der Waals surface area (Å²) in [6, 6.07) is 11.8. The Bertz CT molecular complexity index is 914. The molecule has 2 heterocycles. The standard InChI is InChI=1S/C18H15IN2O3/c19-14-13-3-1-10-20-16(13)24-15(14)11-4-6-12(7-5-11)18(8-2-9-18)21-17(22)23/h1,3-7,10,21H,2,8-9H2,(H,22,23). The number of hydrogen-bond donors (Lipinski definition) is 2. The number of fused-ring (bicyclic) bond motifs is 1. The van der Waals surface area contributed by atoms with Gasteiger partial charge in [0.15, 0.2) is 5.76 Å². The lowest BCUT2D eigenvalue weighted by Crippen LogP contribution is -2.50. The van der Waals surface area contributed by atoms with Gasteiger partial charge in [-0.3, -0.25) is 0 Å². The van der Waals surface area contributed by atoms with Crippen LogP contribution in [0.2, 0.25) is 0 Å². The second kappa shape index (κ2) is 5.77. The van der Waals surface area contributed by atoms with Crippen LogP contribution in [0.15, 0.2) is 47.0 Å². The second-order valence-electron chi connectivity index (χ2n) is 6.04. The first kappa shape index (κ1) is 15.4. The monoisotopic (exact) mass is 434 g/mol. The van der Waals surface area contributed by atoms with Crippen LogP contribution in [-0.4, -0.2) is 16.2 Å². The van der Waals surface area contributed by atoms with Gasteiger partial charge in [-0.2, -0.15) is 0 Å². The maximum atomic E-state index is 11.1. The Morgan fingerprint density at radius 2 is 2.00 bits per heavy atom. The summed E-state index contributed by atoms with van der Waals surface area (Å²) < 4.78 is 6.92. The van der Waals surface area contributed by atoms with E-state index in [0.717, 1.165) is 45.1 Å². The zero-order valence-corrected chi connectivity index (χ0v) is 14.9. The minimum atomic E-state index is -0.975. The molecule has 24 heavy (non-hydrogen) atoms. The van der Waals surface area contributed by atoms with Crippen molar-refractivity contribution < 1.29 is 14.3 Å². The zero-order valence-electron chi connectivity index (χ0n) is 12.8. The van der Waals surface area contributed by atoms with Crippen molar-refractivity contribution in [2.45, 2.75) is 24.8 Å². The molecule has 122 valence electrons. The summed E-state index contributed by atoms with van der Waals surface area (Å²) >= 11 is 2.27. The number of amides is 1. The number of carboxylic acid groups (broad SMARTS) is 1. The van der Waals surface area contributed by atoms with Crippen molar-refractivity contribution in [3.8, 4) is 11.3 Å². The summed E-state index contributed by atoms with van der Waals surface area (Å²) in [5.41, 5.74) is 2.16. The van der Waals surface area contributed by atoms with Crippen molar-refractivity contribution in [3.63, 3.8) is 0 Å². The Morgan fingerprint density at radius 3 is 2.58 bits per heavy atom. The smallest absolute Gasteiger partial charge is 0.405 e. The van der Waals surface area contributed by atoms with E-state index in [2.05, 4.69) is 32.9 Å². The number of nitrogens with one attached hydrogen (secondary N) is 1. The Labute approximate surface area is 152 Å². The molecule has 0 aliphatic heterocycles. The average molecular weight is 434 g/mol. The Morgan fingerprint density at radius 1 is 1.25 bits per heavy atom. The highest BCUT2D eigenvalue weighted by Gasteiger charge is 2.40. The van der Waals surface area contributed by atoms with E-state index in [1.165, 1.54) is 0 Å². The number of benzene rings is 1. The van der Waals surface area contributed by atoms with E-state index in [-0.39, 0.29) is 0 Å². The third kappa shape index (κ3) is 2.45.